The van der Waals surface area contributed by atoms with Gasteiger partial charge in [0.15, 0.2) is 5.11 Å². The third kappa shape index (κ3) is 4.68. The topological polar surface area (TPSA) is 36.3 Å². The lowest BCUT2D eigenvalue weighted by molar-refractivity contribution is 0.292. The number of hydrogen-bond donors (Lipinski definition) is 1. The van der Waals surface area contributed by atoms with Gasteiger partial charge in [-0.05, 0) is 108 Å². The Morgan fingerprint density at radius 2 is 1.85 bits per heavy atom. The molecule has 2 atom stereocenters. The van der Waals surface area contributed by atoms with Gasteiger partial charge < -0.3 is 19.7 Å². The second-order valence-corrected chi connectivity index (χ2v) is 9.82. The number of benzene rings is 1. The summed E-state index contributed by atoms with van der Waals surface area (Å²) in [6, 6.07) is 15.2. The van der Waals surface area contributed by atoms with E-state index in [1.54, 1.807) is 0 Å². The molecule has 5 nitrogen and oxygen atoms in total. The van der Waals surface area contributed by atoms with Gasteiger partial charge in [0.1, 0.15) is 0 Å². The van der Waals surface area contributed by atoms with Crippen LogP contribution in [0.4, 0.5) is 0 Å². The Hall–Kier alpha value is -2.70. The van der Waals surface area contributed by atoms with Gasteiger partial charge in [0, 0.05) is 29.8 Å². The molecule has 1 aromatic carbocycles. The van der Waals surface area contributed by atoms with Gasteiger partial charge in [-0.1, -0.05) is 18.2 Å². The van der Waals surface area contributed by atoms with Crippen LogP contribution in [0.5, 0.6) is 0 Å². The van der Waals surface area contributed by atoms with Crippen LogP contribution in [0.2, 0.25) is 0 Å². The van der Waals surface area contributed by atoms with Crippen molar-refractivity contribution < 1.29 is 0 Å². The first-order valence-electron chi connectivity index (χ1n) is 11.7. The molecule has 0 spiro atoms. The van der Waals surface area contributed by atoms with Gasteiger partial charge in [-0.3, -0.25) is 4.98 Å². The Morgan fingerprint density at radius 3 is 2.55 bits per heavy atom. The Morgan fingerprint density at radius 1 is 1.06 bits per heavy atom. The monoisotopic (exact) mass is 461 g/mol. The van der Waals surface area contributed by atoms with E-state index >= 15 is 0 Å². The summed E-state index contributed by atoms with van der Waals surface area (Å²) in [7, 11) is 4.24. The Bertz CT molecular complexity index is 1130. The van der Waals surface area contributed by atoms with Crippen LogP contribution < -0.4 is 5.32 Å². The lowest BCUT2D eigenvalue weighted by Crippen LogP contribution is -2.32. The molecule has 0 unspecified atom stereocenters. The van der Waals surface area contributed by atoms with E-state index in [0.29, 0.717) is 0 Å². The van der Waals surface area contributed by atoms with E-state index in [9.17, 15) is 0 Å². The molecule has 0 saturated carbocycles. The molecule has 4 rings (SSSR count). The quantitative estimate of drug-likeness (QED) is 0.500. The maximum atomic E-state index is 5.85. The van der Waals surface area contributed by atoms with Crippen LogP contribution in [-0.2, 0) is 0 Å². The van der Waals surface area contributed by atoms with E-state index < -0.39 is 0 Å². The van der Waals surface area contributed by atoms with Crippen molar-refractivity contribution in [3.05, 3.63) is 82.4 Å². The molecule has 3 heterocycles. The third-order valence-electron chi connectivity index (χ3n) is 6.60. The molecule has 1 aliphatic heterocycles. The summed E-state index contributed by atoms with van der Waals surface area (Å²) in [6.07, 6.45) is 2.92. The highest BCUT2D eigenvalue weighted by Gasteiger charge is 2.41. The average molecular weight is 462 g/mol. The van der Waals surface area contributed by atoms with E-state index in [2.05, 4.69) is 97.9 Å². The number of aromatic nitrogens is 2. The molecule has 1 aliphatic rings. The average Bonchev–Trinajstić information content (AvgIpc) is 3.25. The molecule has 0 bridgehead atoms. The second-order valence-electron chi connectivity index (χ2n) is 9.43. The fourth-order valence-corrected chi connectivity index (χ4v) is 5.29. The van der Waals surface area contributed by atoms with Crippen molar-refractivity contribution in [3.8, 4) is 5.69 Å². The standard InChI is InChI=1S/C27H35N5S/c1-18-11-12-19(2)24(16-18)32-20(3)17-22(21(32)4)26-25(23-10-7-8-13-28-23)29-27(33)31(26)15-9-14-30(5)6/h7-8,10-13,16-17,25-26H,9,14-15H2,1-6H3,(H,29,33)/t25-,26+/m1/s1. The lowest BCUT2D eigenvalue weighted by Gasteiger charge is -2.28. The number of nitrogens with one attached hydrogen (secondary N) is 1. The van der Waals surface area contributed by atoms with Crippen LogP contribution in [0.3, 0.4) is 0 Å². The lowest BCUT2D eigenvalue weighted by atomic mass is 9.96. The predicted molar refractivity (Wildman–Crippen MR) is 140 cm³/mol. The predicted octanol–water partition coefficient (Wildman–Crippen LogP) is 5.03. The molecular formula is C27H35N5S. The van der Waals surface area contributed by atoms with Crippen LogP contribution in [0.25, 0.3) is 5.69 Å². The third-order valence-corrected chi connectivity index (χ3v) is 6.95. The van der Waals surface area contributed by atoms with Gasteiger partial charge in [-0.25, -0.2) is 0 Å². The summed E-state index contributed by atoms with van der Waals surface area (Å²) in [4.78, 5) is 9.29. The van der Waals surface area contributed by atoms with Gasteiger partial charge in [-0.2, -0.15) is 0 Å². The maximum Gasteiger partial charge on any atom is 0.170 e. The zero-order valence-corrected chi connectivity index (χ0v) is 21.4. The fraction of sp³-hybridized carbons (Fsp3) is 0.407. The minimum atomic E-state index is 0.0191. The molecule has 174 valence electrons. The van der Waals surface area contributed by atoms with E-state index in [1.165, 1.54) is 33.8 Å². The molecule has 1 saturated heterocycles. The molecule has 0 aliphatic carbocycles. The molecule has 2 aromatic heterocycles. The molecular weight excluding hydrogens is 426 g/mol. The van der Waals surface area contributed by atoms with Crippen LogP contribution in [0.15, 0.2) is 48.7 Å². The van der Waals surface area contributed by atoms with Crippen molar-refractivity contribution >= 4 is 17.3 Å². The number of aryl methyl sites for hydroxylation is 3. The van der Waals surface area contributed by atoms with Crippen molar-refractivity contribution in [3.63, 3.8) is 0 Å². The Kier molecular flexibility index (Phi) is 6.86. The Labute approximate surface area is 203 Å². The molecule has 6 heteroatoms. The first kappa shape index (κ1) is 23.5. The summed E-state index contributed by atoms with van der Waals surface area (Å²) in [5.41, 5.74) is 8.62. The maximum absolute atomic E-state index is 5.85. The van der Waals surface area contributed by atoms with E-state index in [0.717, 1.165) is 30.3 Å². The van der Waals surface area contributed by atoms with Crippen molar-refractivity contribution in [2.75, 3.05) is 27.2 Å². The summed E-state index contributed by atoms with van der Waals surface area (Å²) < 4.78 is 2.40. The highest BCUT2D eigenvalue weighted by molar-refractivity contribution is 7.80. The number of nitrogens with zero attached hydrogens (tertiary/aromatic N) is 4. The summed E-state index contributed by atoms with van der Waals surface area (Å²) >= 11 is 5.85. The second kappa shape index (κ2) is 9.65. The molecule has 0 amide bonds. The molecule has 1 fully saturated rings. The SMILES string of the molecule is Cc1ccc(C)c(-n2c(C)cc([C@H]3[C@@H](c4ccccn4)NC(=S)N3CCCN(C)C)c2C)c1. The molecule has 3 aromatic rings. The van der Waals surface area contributed by atoms with Gasteiger partial charge in [-0.15, -0.1) is 0 Å². The fourth-order valence-electron chi connectivity index (χ4n) is 4.96. The molecule has 1 N–H and O–H groups in total. The number of rotatable bonds is 7. The highest BCUT2D eigenvalue weighted by atomic mass is 32.1. The zero-order valence-electron chi connectivity index (χ0n) is 20.6. The normalized spacial score (nSPS) is 18.3. The van der Waals surface area contributed by atoms with Crippen LogP contribution in [-0.4, -0.2) is 51.6 Å². The number of pyridine rings is 1. The number of hydrogen-bond acceptors (Lipinski definition) is 3. The minimum Gasteiger partial charge on any atom is -0.352 e. The van der Waals surface area contributed by atoms with Crippen molar-refractivity contribution in [2.45, 2.75) is 46.2 Å². The van der Waals surface area contributed by atoms with Gasteiger partial charge >= 0.3 is 0 Å². The first-order chi connectivity index (χ1) is 15.8. The summed E-state index contributed by atoms with van der Waals surface area (Å²) in [6.45, 7) is 10.7. The molecule has 33 heavy (non-hydrogen) atoms. The largest absolute Gasteiger partial charge is 0.352 e. The van der Waals surface area contributed by atoms with Crippen LogP contribution in [0.1, 0.15) is 52.3 Å². The summed E-state index contributed by atoms with van der Waals surface area (Å²) in [5, 5.41) is 4.41. The van der Waals surface area contributed by atoms with E-state index in [-0.39, 0.29) is 12.1 Å². The van der Waals surface area contributed by atoms with Crippen LogP contribution >= 0.6 is 12.2 Å². The minimum absolute atomic E-state index is 0.0191. The van der Waals surface area contributed by atoms with Crippen molar-refractivity contribution in [1.82, 2.24) is 24.7 Å². The van der Waals surface area contributed by atoms with Crippen molar-refractivity contribution in [2.24, 2.45) is 0 Å². The van der Waals surface area contributed by atoms with Gasteiger partial charge in [0.05, 0.1) is 17.8 Å². The zero-order chi connectivity index (χ0) is 23.7. The first-order valence-corrected chi connectivity index (χ1v) is 12.1. The molecule has 0 radical (unpaired) electrons. The van der Waals surface area contributed by atoms with E-state index in [4.69, 9.17) is 17.2 Å². The Balaban J connectivity index is 1.80. The highest BCUT2D eigenvalue weighted by Crippen LogP contribution is 2.41. The number of thiocarbonyl (C=S) groups is 1. The summed E-state index contributed by atoms with van der Waals surface area (Å²) in [5.74, 6) is 0. The smallest absolute Gasteiger partial charge is 0.170 e. The van der Waals surface area contributed by atoms with Crippen LogP contribution in [0, 0.1) is 27.7 Å². The van der Waals surface area contributed by atoms with E-state index in [1.807, 2.05) is 12.3 Å². The van der Waals surface area contributed by atoms with Crippen molar-refractivity contribution in [1.29, 1.82) is 0 Å². The van der Waals surface area contributed by atoms with Gasteiger partial charge in [0.25, 0.3) is 0 Å². The van der Waals surface area contributed by atoms with Gasteiger partial charge in [0.2, 0.25) is 0 Å².